The van der Waals surface area contributed by atoms with E-state index >= 15 is 0 Å². The van der Waals surface area contributed by atoms with Crippen molar-refractivity contribution in [3.63, 3.8) is 0 Å². The van der Waals surface area contributed by atoms with Gasteiger partial charge in [0.1, 0.15) is 17.6 Å². The van der Waals surface area contributed by atoms with Crippen LogP contribution in [0.15, 0.2) is 87.7 Å². The van der Waals surface area contributed by atoms with Crippen LogP contribution >= 0.6 is 11.8 Å². The highest BCUT2D eigenvalue weighted by atomic mass is 32.2. The molecule has 0 radical (unpaired) electrons. The van der Waals surface area contributed by atoms with Crippen molar-refractivity contribution in [1.29, 1.82) is 0 Å². The highest BCUT2D eigenvalue weighted by Gasteiger charge is 2.35. The van der Waals surface area contributed by atoms with E-state index in [1.165, 1.54) is 16.8 Å². The molecule has 0 aliphatic carbocycles. The summed E-state index contributed by atoms with van der Waals surface area (Å²) in [6.45, 7) is 0. The van der Waals surface area contributed by atoms with Crippen molar-refractivity contribution in [2.45, 2.75) is 17.6 Å². The van der Waals surface area contributed by atoms with Gasteiger partial charge in [-0.1, -0.05) is 30.0 Å². The van der Waals surface area contributed by atoms with E-state index in [1.807, 2.05) is 66.7 Å². The maximum atomic E-state index is 13.2. The summed E-state index contributed by atoms with van der Waals surface area (Å²) in [6.07, 6.45) is 2.16. The molecule has 0 saturated heterocycles. The summed E-state index contributed by atoms with van der Waals surface area (Å²) in [5, 5.41) is 18.6. The van der Waals surface area contributed by atoms with Crippen molar-refractivity contribution in [2.75, 3.05) is 12.9 Å². The number of nitrogens with zero attached hydrogens (tertiary/aromatic N) is 6. The maximum Gasteiger partial charge on any atom is 0.253 e. The van der Waals surface area contributed by atoms with Gasteiger partial charge in [0.15, 0.2) is 0 Å². The molecule has 166 valence electrons. The first kappa shape index (κ1) is 21.0. The molecule has 2 aromatic carbocycles. The number of benzene rings is 2. The lowest BCUT2D eigenvalue weighted by atomic mass is 10.0. The number of tetrazole rings is 1. The van der Waals surface area contributed by atoms with Crippen molar-refractivity contribution in [1.82, 2.24) is 25.2 Å². The molecule has 1 aliphatic heterocycles. The molecule has 0 bridgehead atoms. The molecule has 9 nitrogen and oxygen atoms in total. The second-order valence-electron chi connectivity index (χ2n) is 7.25. The molecule has 0 saturated carbocycles. The minimum atomic E-state index is -0.310. The van der Waals surface area contributed by atoms with Gasteiger partial charge in [-0.3, -0.25) is 4.79 Å². The summed E-state index contributed by atoms with van der Waals surface area (Å²) in [7, 11) is 1.63. The Balaban J connectivity index is 1.36. The Morgan fingerprint density at radius 1 is 1.12 bits per heavy atom. The number of para-hydroxylation sites is 1. The lowest BCUT2D eigenvalue weighted by Crippen LogP contribution is -2.28. The molecule has 4 aromatic rings. The number of thioether (sulfide) groups is 1. The Kier molecular flexibility index (Phi) is 5.90. The Hall–Kier alpha value is -3.92. The van der Waals surface area contributed by atoms with E-state index in [-0.39, 0.29) is 17.7 Å². The standard InChI is InChI=1S/C23H20N6O3S/c1-31-18-11-9-16(10-12-18)19-14-20(21-8-5-13-32-21)29(25-19)22(30)15-33-23-24-26-27-28(23)17-6-3-2-4-7-17/h2-13,20H,14-15H2,1H3. The van der Waals surface area contributed by atoms with Crippen LogP contribution in [0.5, 0.6) is 5.75 Å². The van der Waals surface area contributed by atoms with Crippen LogP contribution < -0.4 is 4.74 Å². The molecular weight excluding hydrogens is 440 g/mol. The Morgan fingerprint density at radius 3 is 2.67 bits per heavy atom. The molecule has 2 aromatic heterocycles. The Morgan fingerprint density at radius 2 is 1.94 bits per heavy atom. The van der Waals surface area contributed by atoms with Gasteiger partial charge >= 0.3 is 0 Å². The molecule has 0 spiro atoms. The predicted octanol–water partition coefficient (Wildman–Crippen LogP) is 3.73. The molecular formula is C23H20N6O3S. The maximum absolute atomic E-state index is 13.2. The van der Waals surface area contributed by atoms with Crippen LogP contribution in [0.25, 0.3) is 5.69 Å². The zero-order valence-corrected chi connectivity index (χ0v) is 18.6. The van der Waals surface area contributed by atoms with E-state index in [0.717, 1.165) is 22.7 Å². The molecule has 3 heterocycles. The normalized spacial score (nSPS) is 15.5. The fourth-order valence-corrected chi connectivity index (χ4v) is 4.34. The van der Waals surface area contributed by atoms with Crippen molar-refractivity contribution < 1.29 is 13.9 Å². The van der Waals surface area contributed by atoms with Crippen LogP contribution in [0, 0.1) is 0 Å². The molecule has 10 heteroatoms. The predicted molar refractivity (Wildman–Crippen MR) is 122 cm³/mol. The summed E-state index contributed by atoms with van der Waals surface area (Å²) in [6, 6.07) is 20.5. The minimum absolute atomic E-state index is 0.129. The molecule has 33 heavy (non-hydrogen) atoms. The molecule has 1 amide bonds. The van der Waals surface area contributed by atoms with Gasteiger partial charge < -0.3 is 9.15 Å². The van der Waals surface area contributed by atoms with Gasteiger partial charge in [-0.15, -0.1) is 5.10 Å². The monoisotopic (exact) mass is 460 g/mol. The largest absolute Gasteiger partial charge is 0.497 e. The SMILES string of the molecule is COc1ccc(C2=NN(C(=O)CSc3nnnn3-c3ccccc3)C(c3ccco3)C2)cc1. The number of furan rings is 1. The average molecular weight is 461 g/mol. The van der Waals surface area contributed by atoms with Crippen molar-refractivity contribution >= 4 is 23.4 Å². The van der Waals surface area contributed by atoms with Gasteiger partial charge in [-0.25, -0.2) is 5.01 Å². The number of aromatic nitrogens is 4. The van der Waals surface area contributed by atoms with Gasteiger partial charge in [0, 0.05) is 6.42 Å². The van der Waals surface area contributed by atoms with Crippen LogP contribution in [-0.4, -0.2) is 49.7 Å². The fourth-order valence-electron chi connectivity index (χ4n) is 3.59. The Bertz CT molecular complexity index is 1260. The summed E-state index contributed by atoms with van der Waals surface area (Å²) < 4.78 is 12.5. The molecule has 0 N–H and O–H groups in total. The number of methoxy groups -OCH3 is 1. The summed E-state index contributed by atoms with van der Waals surface area (Å²) in [4.78, 5) is 13.2. The number of ether oxygens (including phenoxy) is 1. The quantitative estimate of drug-likeness (QED) is 0.388. The van der Waals surface area contributed by atoms with Gasteiger partial charge in [0.05, 0.1) is 30.5 Å². The smallest absolute Gasteiger partial charge is 0.253 e. The van der Waals surface area contributed by atoms with Gasteiger partial charge in [-0.05, 0) is 64.5 Å². The first-order valence-corrected chi connectivity index (χ1v) is 11.3. The number of rotatable bonds is 7. The first-order valence-electron chi connectivity index (χ1n) is 10.3. The van der Waals surface area contributed by atoms with Crippen LogP contribution in [0.3, 0.4) is 0 Å². The van der Waals surface area contributed by atoms with Crippen LogP contribution in [0.4, 0.5) is 0 Å². The lowest BCUT2D eigenvalue weighted by molar-refractivity contribution is -0.130. The van der Waals surface area contributed by atoms with Crippen LogP contribution in [-0.2, 0) is 4.79 Å². The number of hydrogen-bond acceptors (Lipinski definition) is 8. The number of carbonyl (C=O) groups excluding carboxylic acids is 1. The minimum Gasteiger partial charge on any atom is -0.497 e. The second-order valence-corrected chi connectivity index (χ2v) is 8.19. The van der Waals surface area contributed by atoms with Gasteiger partial charge in [-0.2, -0.15) is 9.78 Å². The summed E-state index contributed by atoms with van der Waals surface area (Å²) in [5.41, 5.74) is 2.57. The highest BCUT2D eigenvalue weighted by Crippen LogP contribution is 2.34. The number of hydrazone groups is 1. The van der Waals surface area contributed by atoms with Crippen molar-refractivity contribution in [3.8, 4) is 11.4 Å². The summed E-state index contributed by atoms with van der Waals surface area (Å²) >= 11 is 1.26. The van der Waals surface area contributed by atoms with Gasteiger partial charge in [0.2, 0.25) is 5.16 Å². The van der Waals surface area contributed by atoms with E-state index < -0.39 is 0 Å². The van der Waals surface area contributed by atoms with E-state index in [9.17, 15) is 4.79 Å². The van der Waals surface area contributed by atoms with Gasteiger partial charge in [0.25, 0.3) is 5.91 Å². The molecule has 0 fully saturated rings. The fraction of sp³-hybridized carbons (Fsp3) is 0.174. The van der Waals surface area contributed by atoms with E-state index in [0.29, 0.717) is 17.3 Å². The third kappa shape index (κ3) is 4.37. The molecule has 5 rings (SSSR count). The molecule has 1 aliphatic rings. The third-order valence-corrected chi connectivity index (χ3v) is 6.13. The van der Waals surface area contributed by atoms with Crippen molar-refractivity contribution in [3.05, 3.63) is 84.3 Å². The molecule has 1 unspecified atom stereocenters. The highest BCUT2D eigenvalue weighted by molar-refractivity contribution is 7.99. The van der Waals surface area contributed by atoms with Crippen LogP contribution in [0.2, 0.25) is 0 Å². The second kappa shape index (κ2) is 9.29. The zero-order valence-electron chi connectivity index (χ0n) is 17.7. The molecule has 1 atom stereocenters. The topological polar surface area (TPSA) is 98.6 Å². The summed E-state index contributed by atoms with van der Waals surface area (Å²) in [5.74, 6) is 1.42. The number of amides is 1. The average Bonchev–Trinajstić information content (AvgIpc) is 3.63. The number of carbonyl (C=O) groups is 1. The van der Waals surface area contributed by atoms with Crippen LogP contribution in [0.1, 0.15) is 23.8 Å². The van der Waals surface area contributed by atoms with Crippen molar-refractivity contribution in [2.24, 2.45) is 5.10 Å². The van der Waals surface area contributed by atoms with E-state index in [4.69, 9.17) is 9.15 Å². The Labute approximate surface area is 194 Å². The van der Waals surface area contributed by atoms with E-state index in [2.05, 4.69) is 20.6 Å². The number of hydrogen-bond donors (Lipinski definition) is 0. The lowest BCUT2D eigenvalue weighted by Gasteiger charge is -2.19. The zero-order chi connectivity index (χ0) is 22.6. The third-order valence-electron chi connectivity index (χ3n) is 5.23. The first-order chi connectivity index (χ1) is 16.2. The van der Waals surface area contributed by atoms with E-state index in [1.54, 1.807) is 18.1 Å².